The van der Waals surface area contributed by atoms with E-state index in [1.807, 2.05) is 51.1 Å². The lowest BCUT2D eigenvalue weighted by atomic mass is 9.94. The van der Waals surface area contributed by atoms with Crippen LogP contribution in [0.3, 0.4) is 0 Å². The fourth-order valence-electron chi connectivity index (χ4n) is 5.15. The van der Waals surface area contributed by atoms with E-state index in [4.69, 9.17) is 9.47 Å². The summed E-state index contributed by atoms with van der Waals surface area (Å²) >= 11 is 0. The monoisotopic (exact) mass is 509 g/mol. The number of ketones is 1. The molecule has 3 aromatic carbocycles. The summed E-state index contributed by atoms with van der Waals surface area (Å²) in [4.78, 5) is 36.1. The van der Waals surface area contributed by atoms with Crippen molar-refractivity contribution >= 4 is 34.4 Å². The number of amides is 1. The number of aromatic amines is 1. The Morgan fingerprint density at radius 2 is 1.87 bits per heavy atom. The molecule has 1 fully saturated rings. The molecule has 2 atom stereocenters. The van der Waals surface area contributed by atoms with Gasteiger partial charge in [-0.3, -0.25) is 14.5 Å². The van der Waals surface area contributed by atoms with Crippen LogP contribution in [0.2, 0.25) is 0 Å². The summed E-state index contributed by atoms with van der Waals surface area (Å²) in [7, 11) is 0. The van der Waals surface area contributed by atoms with E-state index >= 15 is 0 Å². The van der Waals surface area contributed by atoms with Gasteiger partial charge in [0.2, 0.25) is 5.95 Å². The quantitative estimate of drug-likeness (QED) is 0.215. The summed E-state index contributed by atoms with van der Waals surface area (Å²) in [5, 5.41) is 11.5. The van der Waals surface area contributed by atoms with Gasteiger partial charge in [0.05, 0.1) is 28.8 Å². The van der Waals surface area contributed by atoms with Gasteiger partial charge in [0.25, 0.3) is 5.78 Å². The van der Waals surface area contributed by atoms with Gasteiger partial charge in [-0.25, -0.2) is 4.98 Å². The molecule has 2 aliphatic rings. The number of carbonyl (C=O) groups is 2. The number of carbonyl (C=O) groups excluding carboxylic acids is 2. The van der Waals surface area contributed by atoms with E-state index in [0.29, 0.717) is 28.8 Å². The summed E-state index contributed by atoms with van der Waals surface area (Å²) in [6, 6.07) is 19.0. The van der Waals surface area contributed by atoms with E-state index in [2.05, 4.69) is 9.97 Å². The van der Waals surface area contributed by atoms with Crippen molar-refractivity contribution in [2.24, 2.45) is 0 Å². The van der Waals surface area contributed by atoms with E-state index in [1.54, 1.807) is 36.4 Å². The van der Waals surface area contributed by atoms with Gasteiger partial charge in [0.1, 0.15) is 23.4 Å². The van der Waals surface area contributed by atoms with Crippen LogP contribution in [-0.2, 0) is 16.0 Å². The van der Waals surface area contributed by atoms with Crippen molar-refractivity contribution in [2.45, 2.75) is 45.4 Å². The number of benzene rings is 3. The molecule has 0 aliphatic carbocycles. The molecule has 1 amide bonds. The van der Waals surface area contributed by atoms with Crippen molar-refractivity contribution in [2.75, 3.05) is 4.90 Å². The van der Waals surface area contributed by atoms with Crippen LogP contribution >= 0.6 is 0 Å². The largest absolute Gasteiger partial charge is 0.507 e. The lowest BCUT2D eigenvalue weighted by Gasteiger charge is -2.23. The van der Waals surface area contributed by atoms with E-state index in [-0.39, 0.29) is 29.5 Å². The number of aliphatic hydroxyl groups is 1. The maximum absolute atomic E-state index is 13.5. The van der Waals surface area contributed by atoms with Crippen LogP contribution in [0, 0.1) is 0 Å². The number of hydrogen-bond donors (Lipinski definition) is 2. The molecule has 38 heavy (non-hydrogen) atoms. The number of aromatic nitrogens is 2. The molecule has 2 unspecified atom stereocenters. The predicted octanol–water partition coefficient (Wildman–Crippen LogP) is 5.30. The molecule has 0 bridgehead atoms. The van der Waals surface area contributed by atoms with Crippen LogP contribution in [0.5, 0.6) is 11.5 Å². The lowest BCUT2D eigenvalue weighted by Crippen LogP contribution is -2.30. The van der Waals surface area contributed by atoms with E-state index in [0.717, 1.165) is 16.8 Å². The van der Waals surface area contributed by atoms with Gasteiger partial charge in [0, 0.05) is 12.0 Å². The average Bonchev–Trinajstić information content (AvgIpc) is 3.56. The molecule has 0 radical (unpaired) electrons. The topological polar surface area (TPSA) is 105 Å². The minimum absolute atomic E-state index is 0.0000946. The first-order valence-electron chi connectivity index (χ1n) is 12.6. The van der Waals surface area contributed by atoms with E-state index in [1.165, 1.54) is 4.90 Å². The Kier molecular flexibility index (Phi) is 5.67. The summed E-state index contributed by atoms with van der Waals surface area (Å²) in [6.07, 6.45) is 0.728. The van der Waals surface area contributed by atoms with Crippen molar-refractivity contribution < 1.29 is 24.2 Å². The highest BCUT2D eigenvalue weighted by molar-refractivity contribution is 6.51. The molecule has 2 N–H and O–H groups in total. The number of hydrogen-bond acceptors (Lipinski definition) is 6. The summed E-state index contributed by atoms with van der Waals surface area (Å²) in [5.74, 6) is -0.129. The van der Waals surface area contributed by atoms with Crippen LogP contribution < -0.4 is 14.4 Å². The standard InChI is InChI=1S/C30H27N3O5/c1-16(2)37-21-11-8-18(9-12-21)26-25(27(34)19-10-13-24-20(15-19)14-17(3)38-24)28(35)29(36)33(26)30-31-22-6-4-5-7-23(22)32-30/h4-13,15-17,26,34H,14H2,1-3H3,(H,31,32)/b27-25+. The highest BCUT2D eigenvalue weighted by atomic mass is 16.5. The second-order valence-electron chi connectivity index (χ2n) is 9.94. The van der Waals surface area contributed by atoms with Gasteiger partial charge in [-0.1, -0.05) is 24.3 Å². The van der Waals surface area contributed by atoms with Crippen LogP contribution in [-0.4, -0.2) is 39.0 Å². The number of H-pyrrole nitrogens is 1. The smallest absolute Gasteiger partial charge is 0.302 e. The molecule has 8 nitrogen and oxygen atoms in total. The van der Waals surface area contributed by atoms with E-state index in [9.17, 15) is 14.7 Å². The second-order valence-corrected chi connectivity index (χ2v) is 9.94. The normalized spacial score (nSPS) is 20.3. The Labute approximate surface area is 219 Å². The Morgan fingerprint density at radius 3 is 2.61 bits per heavy atom. The highest BCUT2D eigenvalue weighted by Gasteiger charge is 2.48. The first-order valence-corrected chi connectivity index (χ1v) is 12.6. The Hall–Kier alpha value is -4.59. The third kappa shape index (κ3) is 3.98. The molecule has 1 aromatic heterocycles. The highest BCUT2D eigenvalue weighted by Crippen LogP contribution is 2.43. The molecular weight excluding hydrogens is 482 g/mol. The Balaban J connectivity index is 1.50. The molecular formula is C30H27N3O5. The SMILES string of the molecule is CC(C)Oc1ccc(C2/C(=C(\O)c3ccc4c(c3)CC(C)O4)C(=O)C(=O)N2c2nc3ccccc3[nH]2)cc1. The molecule has 192 valence electrons. The fraction of sp³-hybridized carbons (Fsp3) is 0.233. The van der Waals surface area contributed by atoms with Gasteiger partial charge < -0.3 is 19.6 Å². The number of imidazole rings is 1. The zero-order valence-corrected chi connectivity index (χ0v) is 21.3. The minimum Gasteiger partial charge on any atom is -0.507 e. The van der Waals surface area contributed by atoms with Crippen LogP contribution in [0.1, 0.15) is 43.5 Å². The number of para-hydroxylation sites is 2. The van der Waals surface area contributed by atoms with Crippen molar-refractivity contribution in [1.82, 2.24) is 9.97 Å². The third-order valence-electron chi connectivity index (χ3n) is 6.79. The number of rotatable bonds is 5. The number of fused-ring (bicyclic) bond motifs is 2. The van der Waals surface area contributed by atoms with Crippen LogP contribution in [0.4, 0.5) is 5.95 Å². The zero-order valence-electron chi connectivity index (χ0n) is 21.3. The summed E-state index contributed by atoms with van der Waals surface area (Å²) in [5.41, 5.74) is 3.43. The maximum atomic E-state index is 13.5. The number of nitrogens with zero attached hydrogens (tertiary/aromatic N) is 2. The number of Topliss-reactive ketones (excluding diaryl/α,β-unsaturated/α-hetero) is 1. The van der Waals surface area contributed by atoms with Gasteiger partial charge in [-0.15, -0.1) is 0 Å². The molecule has 2 aliphatic heterocycles. The molecule has 4 aromatic rings. The predicted molar refractivity (Wildman–Crippen MR) is 143 cm³/mol. The van der Waals surface area contributed by atoms with Crippen LogP contribution in [0.25, 0.3) is 16.8 Å². The van der Waals surface area contributed by atoms with Crippen molar-refractivity contribution in [3.05, 3.63) is 89.0 Å². The number of nitrogens with one attached hydrogen (secondary N) is 1. The molecule has 1 saturated heterocycles. The Bertz CT molecular complexity index is 1570. The van der Waals surface area contributed by atoms with E-state index < -0.39 is 17.7 Å². The molecule has 0 spiro atoms. The molecule has 0 saturated carbocycles. The molecule has 8 heteroatoms. The van der Waals surface area contributed by atoms with Crippen molar-refractivity contribution in [3.63, 3.8) is 0 Å². The first-order chi connectivity index (χ1) is 18.3. The minimum atomic E-state index is -0.896. The number of aliphatic hydroxyl groups excluding tert-OH is 1. The van der Waals surface area contributed by atoms with Gasteiger partial charge in [-0.2, -0.15) is 0 Å². The lowest BCUT2D eigenvalue weighted by molar-refractivity contribution is -0.132. The maximum Gasteiger partial charge on any atom is 0.302 e. The Morgan fingerprint density at radius 1 is 1.11 bits per heavy atom. The zero-order chi connectivity index (χ0) is 26.6. The van der Waals surface area contributed by atoms with Gasteiger partial charge in [0.15, 0.2) is 0 Å². The average molecular weight is 510 g/mol. The van der Waals surface area contributed by atoms with Crippen LogP contribution in [0.15, 0.2) is 72.3 Å². The van der Waals surface area contributed by atoms with Gasteiger partial charge in [-0.05, 0) is 74.4 Å². The van der Waals surface area contributed by atoms with Crippen molar-refractivity contribution in [1.29, 1.82) is 0 Å². The molecule has 3 heterocycles. The van der Waals surface area contributed by atoms with Crippen molar-refractivity contribution in [3.8, 4) is 11.5 Å². The summed E-state index contributed by atoms with van der Waals surface area (Å²) in [6.45, 7) is 5.85. The van der Waals surface area contributed by atoms with Gasteiger partial charge >= 0.3 is 5.91 Å². The fourth-order valence-corrected chi connectivity index (χ4v) is 5.15. The first kappa shape index (κ1) is 23.8. The number of ether oxygens (including phenoxy) is 2. The number of anilines is 1. The second kappa shape index (κ2) is 9.06. The molecule has 6 rings (SSSR count). The third-order valence-corrected chi connectivity index (χ3v) is 6.79. The summed E-state index contributed by atoms with van der Waals surface area (Å²) < 4.78 is 11.6.